The quantitative estimate of drug-likeness (QED) is 0.198. The lowest BCUT2D eigenvalue weighted by molar-refractivity contribution is -0.137. The van der Waals surface area contributed by atoms with E-state index >= 15 is 0 Å². The summed E-state index contributed by atoms with van der Waals surface area (Å²) < 4.78 is 79.2. The molecule has 1 aliphatic heterocycles. The van der Waals surface area contributed by atoms with Crippen molar-refractivity contribution >= 4 is 44.8 Å². The summed E-state index contributed by atoms with van der Waals surface area (Å²) in [6.07, 6.45) is -8.47. The zero-order chi connectivity index (χ0) is 34.8. The third-order valence-corrected chi connectivity index (χ3v) is 9.48. The molecule has 4 aromatic rings. The summed E-state index contributed by atoms with van der Waals surface area (Å²) in [6.45, 7) is 2.83. The van der Waals surface area contributed by atoms with E-state index in [1.165, 1.54) is 24.3 Å². The summed E-state index contributed by atoms with van der Waals surface area (Å²) in [7, 11) is -4.21. The molecule has 48 heavy (non-hydrogen) atoms. The Labute approximate surface area is 274 Å². The van der Waals surface area contributed by atoms with E-state index in [2.05, 4.69) is 10.3 Å². The highest BCUT2D eigenvalue weighted by molar-refractivity contribution is 7.89. The molecule has 3 atom stereocenters. The number of nitrogens with two attached hydrogens (primary N) is 1. The number of hydrogen-bond donors (Lipinski definition) is 3. The molecule has 0 aliphatic carbocycles. The van der Waals surface area contributed by atoms with Gasteiger partial charge in [-0.15, -0.1) is 0 Å². The lowest BCUT2D eigenvalue weighted by Gasteiger charge is -2.31. The second kappa shape index (κ2) is 13.8. The van der Waals surface area contributed by atoms with Gasteiger partial charge < -0.3 is 25.3 Å². The van der Waals surface area contributed by atoms with Gasteiger partial charge in [-0.25, -0.2) is 13.2 Å². The molecule has 256 valence electrons. The van der Waals surface area contributed by atoms with E-state index in [1.54, 1.807) is 30.3 Å². The van der Waals surface area contributed by atoms with Crippen LogP contribution in [0.15, 0.2) is 82.1 Å². The van der Waals surface area contributed by atoms with Gasteiger partial charge in [-0.05, 0) is 48.2 Å². The Morgan fingerprint density at radius 1 is 1.10 bits per heavy atom. The van der Waals surface area contributed by atoms with Gasteiger partial charge in [0.05, 0.1) is 29.1 Å². The molecule has 3 aromatic carbocycles. The van der Waals surface area contributed by atoms with Crippen molar-refractivity contribution in [3.8, 4) is 0 Å². The molecular formula is C32H34F3N5O7S. The summed E-state index contributed by atoms with van der Waals surface area (Å²) >= 11 is 0. The third-order valence-electron chi connectivity index (χ3n) is 7.65. The molecule has 2 heterocycles. The topological polar surface area (TPSA) is 168 Å². The Hall–Kier alpha value is -4.67. The summed E-state index contributed by atoms with van der Waals surface area (Å²) in [6, 6.07) is 15.8. The minimum Gasteiger partial charge on any atom is -0.434 e. The number of nitrogen functional groups attached to an aromatic ring is 1. The number of carbonyl (C=O) groups excluding carboxylic acids is 2. The zero-order valence-electron chi connectivity index (χ0n) is 25.9. The maximum absolute atomic E-state index is 13.9. The number of cyclic esters (lactones) is 1. The molecule has 0 saturated carbocycles. The first-order chi connectivity index (χ1) is 22.6. The lowest BCUT2D eigenvalue weighted by atomic mass is 10.0. The molecule has 2 amide bonds. The van der Waals surface area contributed by atoms with E-state index in [1.807, 2.05) is 13.8 Å². The number of ether oxygens (including phenoxy) is 1. The second-order valence-electron chi connectivity index (χ2n) is 11.8. The third kappa shape index (κ3) is 7.89. The number of amides is 2. The van der Waals surface area contributed by atoms with Crippen LogP contribution in [0.2, 0.25) is 0 Å². The average Bonchev–Trinajstić information content (AvgIpc) is 3.61. The monoisotopic (exact) mass is 689 g/mol. The molecule has 1 aliphatic rings. The van der Waals surface area contributed by atoms with Crippen LogP contribution in [-0.4, -0.2) is 72.7 Å². The Morgan fingerprint density at radius 3 is 2.52 bits per heavy atom. The van der Waals surface area contributed by atoms with Gasteiger partial charge in [-0.2, -0.15) is 22.5 Å². The van der Waals surface area contributed by atoms with Crippen LogP contribution in [0.4, 0.5) is 29.7 Å². The number of rotatable bonds is 12. The number of halogens is 3. The summed E-state index contributed by atoms with van der Waals surface area (Å²) in [5, 5.41) is 14.2. The molecular weight excluding hydrogens is 655 g/mol. The Bertz CT molecular complexity index is 1890. The summed E-state index contributed by atoms with van der Waals surface area (Å²) in [5.41, 5.74) is 5.78. The van der Waals surface area contributed by atoms with Crippen molar-refractivity contribution < 1.29 is 45.4 Å². The van der Waals surface area contributed by atoms with E-state index in [4.69, 9.17) is 14.9 Å². The van der Waals surface area contributed by atoms with Gasteiger partial charge >= 0.3 is 12.3 Å². The average molecular weight is 690 g/mol. The second-order valence-corrected chi connectivity index (χ2v) is 13.7. The predicted octanol–water partition coefficient (Wildman–Crippen LogP) is 4.19. The number of nitrogens with one attached hydrogen (secondary N) is 1. The van der Waals surface area contributed by atoms with Crippen LogP contribution in [0.1, 0.15) is 25.0 Å². The minimum atomic E-state index is -4.65. The van der Waals surface area contributed by atoms with Crippen LogP contribution < -0.4 is 16.0 Å². The van der Waals surface area contributed by atoms with Crippen LogP contribution >= 0.6 is 0 Å². The normalized spacial score (nSPS) is 16.8. The highest BCUT2D eigenvalue weighted by atomic mass is 32.2. The number of aliphatic hydroxyl groups excluding tert-OH is 1. The predicted molar refractivity (Wildman–Crippen MR) is 169 cm³/mol. The first-order valence-corrected chi connectivity index (χ1v) is 16.4. The van der Waals surface area contributed by atoms with Crippen molar-refractivity contribution in [1.29, 1.82) is 0 Å². The number of benzene rings is 3. The van der Waals surface area contributed by atoms with Crippen LogP contribution in [0.5, 0.6) is 0 Å². The molecule has 0 bridgehead atoms. The van der Waals surface area contributed by atoms with Gasteiger partial charge in [-0.1, -0.05) is 50.2 Å². The lowest BCUT2D eigenvalue weighted by Crippen LogP contribution is -2.53. The van der Waals surface area contributed by atoms with Crippen molar-refractivity contribution in [2.75, 3.05) is 30.3 Å². The van der Waals surface area contributed by atoms with Crippen molar-refractivity contribution in [3.05, 3.63) is 83.9 Å². The van der Waals surface area contributed by atoms with Gasteiger partial charge in [0.15, 0.2) is 11.7 Å². The fourth-order valence-corrected chi connectivity index (χ4v) is 6.97. The van der Waals surface area contributed by atoms with Gasteiger partial charge in [0.25, 0.3) is 11.9 Å². The van der Waals surface area contributed by atoms with Crippen molar-refractivity contribution in [1.82, 2.24) is 14.6 Å². The van der Waals surface area contributed by atoms with Crippen LogP contribution in [0.3, 0.4) is 0 Å². The summed E-state index contributed by atoms with van der Waals surface area (Å²) in [4.78, 5) is 30.9. The number of oxazole rings is 1. The Morgan fingerprint density at radius 2 is 1.83 bits per heavy atom. The van der Waals surface area contributed by atoms with Gasteiger partial charge in [0.1, 0.15) is 5.52 Å². The van der Waals surface area contributed by atoms with Crippen molar-refractivity contribution in [2.45, 2.75) is 49.6 Å². The smallest absolute Gasteiger partial charge is 0.416 e. The SMILES string of the molecule is CC(C)CN(C[C@@H](O)[C@H](Cc1ccccc1)NC(=O)[C@@H]1CN(c2cccc(C(F)(F)F)c2)C(=O)O1)S(=O)(=O)c1ccc2nc(N)oc2c1. The molecule has 0 radical (unpaired) electrons. The van der Waals surface area contributed by atoms with E-state index in [0.717, 1.165) is 27.4 Å². The Balaban J connectivity index is 1.37. The molecule has 1 saturated heterocycles. The van der Waals surface area contributed by atoms with Crippen molar-refractivity contribution in [3.63, 3.8) is 0 Å². The van der Waals surface area contributed by atoms with Gasteiger partial charge in [0.2, 0.25) is 10.0 Å². The van der Waals surface area contributed by atoms with Crippen LogP contribution in [0, 0.1) is 5.92 Å². The molecule has 4 N–H and O–H groups in total. The molecule has 1 fully saturated rings. The zero-order valence-corrected chi connectivity index (χ0v) is 26.7. The summed E-state index contributed by atoms with van der Waals surface area (Å²) in [5.74, 6) is -0.969. The van der Waals surface area contributed by atoms with E-state index < -0.39 is 58.6 Å². The molecule has 0 unspecified atom stereocenters. The fraction of sp³-hybridized carbons (Fsp3) is 0.344. The van der Waals surface area contributed by atoms with E-state index in [9.17, 15) is 36.3 Å². The molecule has 12 nitrogen and oxygen atoms in total. The number of hydrogen-bond acceptors (Lipinski definition) is 9. The minimum absolute atomic E-state index is 0.0220. The number of carbonyl (C=O) groups is 2. The van der Waals surface area contributed by atoms with E-state index in [0.29, 0.717) is 11.1 Å². The Kier molecular flexibility index (Phi) is 9.98. The van der Waals surface area contributed by atoms with Crippen molar-refractivity contribution in [2.24, 2.45) is 5.92 Å². The highest BCUT2D eigenvalue weighted by Gasteiger charge is 2.40. The molecule has 5 rings (SSSR count). The number of aliphatic hydroxyl groups is 1. The van der Waals surface area contributed by atoms with Crippen LogP contribution in [0.25, 0.3) is 11.1 Å². The maximum atomic E-state index is 13.9. The first-order valence-electron chi connectivity index (χ1n) is 15.0. The fourth-order valence-electron chi connectivity index (χ4n) is 5.33. The van der Waals surface area contributed by atoms with Crippen LogP contribution in [-0.2, 0) is 32.2 Å². The maximum Gasteiger partial charge on any atom is 0.416 e. The first kappa shape index (κ1) is 34.7. The van der Waals surface area contributed by atoms with E-state index in [-0.39, 0.29) is 47.6 Å². The molecule has 1 aromatic heterocycles. The number of aromatic nitrogens is 1. The number of nitrogens with zero attached hydrogens (tertiary/aromatic N) is 3. The number of sulfonamides is 1. The standard InChI is InChI=1S/C32H34F3N5O7S/c1-19(2)16-39(48(44,45)23-11-12-24-27(15-23)46-30(36)38-24)17-26(41)25(13-20-7-4-3-5-8-20)37-29(42)28-18-40(31(43)47-28)22-10-6-9-21(14-22)32(33,34)35/h3-12,14-15,19,25-26,28,41H,13,16-18H2,1-2H3,(H2,36,38)(H,37,42)/t25-,26+,28-/m0/s1. The number of fused-ring (bicyclic) bond motifs is 1. The number of alkyl halides is 3. The number of anilines is 2. The van der Waals surface area contributed by atoms with Gasteiger partial charge in [0, 0.05) is 24.8 Å². The molecule has 0 spiro atoms. The molecule has 16 heteroatoms. The highest BCUT2D eigenvalue weighted by Crippen LogP contribution is 2.33. The largest absolute Gasteiger partial charge is 0.434 e. The van der Waals surface area contributed by atoms with Gasteiger partial charge in [-0.3, -0.25) is 9.69 Å².